The van der Waals surface area contributed by atoms with Crippen LogP contribution in [0.15, 0.2) is 29.4 Å². The van der Waals surface area contributed by atoms with E-state index in [0.29, 0.717) is 11.1 Å². The van der Waals surface area contributed by atoms with Gasteiger partial charge in [-0.1, -0.05) is 23.9 Å². The van der Waals surface area contributed by atoms with Gasteiger partial charge in [-0.2, -0.15) is 0 Å². The first-order valence-corrected chi connectivity index (χ1v) is 7.39. The van der Waals surface area contributed by atoms with Crippen LogP contribution in [0.25, 0.3) is 0 Å². The highest BCUT2D eigenvalue weighted by Crippen LogP contribution is 2.36. The zero-order chi connectivity index (χ0) is 15.6. The van der Waals surface area contributed by atoms with E-state index < -0.39 is 4.92 Å². The summed E-state index contributed by atoms with van der Waals surface area (Å²) >= 11 is 1.48. The zero-order valence-corrected chi connectivity index (χ0v) is 12.9. The minimum atomic E-state index is -0.393. The molecule has 7 nitrogen and oxygen atoms in total. The Kier molecular flexibility index (Phi) is 4.46. The Labute approximate surface area is 126 Å². The van der Waals surface area contributed by atoms with Crippen LogP contribution in [-0.2, 0) is 0 Å². The Balaban J connectivity index is 2.24. The lowest BCUT2D eigenvalue weighted by Gasteiger charge is -2.14. The van der Waals surface area contributed by atoms with Crippen LogP contribution in [-0.4, -0.2) is 19.7 Å². The highest BCUT2D eigenvalue weighted by atomic mass is 32.2. The molecule has 2 rings (SSSR count). The fourth-order valence-electron chi connectivity index (χ4n) is 1.97. The first-order chi connectivity index (χ1) is 9.90. The van der Waals surface area contributed by atoms with Gasteiger partial charge in [0.05, 0.1) is 4.92 Å². The summed E-state index contributed by atoms with van der Waals surface area (Å²) in [5.41, 5.74) is 6.76. The van der Waals surface area contributed by atoms with E-state index in [4.69, 9.17) is 5.73 Å². The monoisotopic (exact) mass is 307 g/mol. The maximum absolute atomic E-state index is 10.8. The second kappa shape index (κ2) is 6.13. The maximum Gasteiger partial charge on any atom is 0.269 e. The lowest BCUT2D eigenvalue weighted by Crippen LogP contribution is -2.07. The summed E-state index contributed by atoms with van der Waals surface area (Å²) in [7, 11) is 0. The van der Waals surface area contributed by atoms with Crippen LogP contribution in [0.5, 0.6) is 0 Å². The third kappa shape index (κ3) is 3.33. The summed E-state index contributed by atoms with van der Waals surface area (Å²) in [5.74, 6) is 0.374. The predicted octanol–water partition coefficient (Wildman–Crippen LogP) is 3.20. The summed E-state index contributed by atoms with van der Waals surface area (Å²) in [6, 6.07) is 6.77. The molecule has 0 aliphatic carbocycles. The van der Waals surface area contributed by atoms with E-state index in [1.165, 1.54) is 17.8 Å². The minimum Gasteiger partial charge on any atom is -0.368 e. The average molecular weight is 307 g/mol. The van der Waals surface area contributed by atoms with Crippen LogP contribution in [0.3, 0.4) is 0 Å². The van der Waals surface area contributed by atoms with E-state index in [9.17, 15) is 10.1 Å². The van der Waals surface area contributed by atoms with Gasteiger partial charge in [-0.3, -0.25) is 14.7 Å². The van der Waals surface area contributed by atoms with E-state index in [1.807, 2.05) is 31.4 Å². The Hall–Kier alpha value is -2.09. The first-order valence-electron chi connectivity index (χ1n) is 6.51. The molecule has 1 atom stereocenters. The Morgan fingerprint density at radius 2 is 2.05 bits per heavy atom. The van der Waals surface area contributed by atoms with E-state index >= 15 is 0 Å². The van der Waals surface area contributed by atoms with Gasteiger partial charge in [0, 0.05) is 23.4 Å². The lowest BCUT2D eigenvalue weighted by atomic mass is 10.1. The third-order valence-electron chi connectivity index (χ3n) is 3.04. The van der Waals surface area contributed by atoms with Gasteiger partial charge in [-0.15, -0.1) is 10.2 Å². The molecular formula is C13H17N5O2S. The summed E-state index contributed by atoms with van der Waals surface area (Å²) in [6.45, 7) is 5.98. The fourth-order valence-corrected chi connectivity index (χ4v) is 3.08. The number of benzene rings is 1. The van der Waals surface area contributed by atoms with Crippen LogP contribution >= 0.6 is 11.8 Å². The van der Waals surface area contributed by atoms with Crippen molar-refractivity contribution in [2.75, 3.05) is 5.73 Å². The van der Waals surface area contributed by atoms with Crippen molar-refractivity contribution < 1.29 is 4.92 Å². The van der Waals surface area contributed by atoms with Crippen molar-refractivity contribution in [2.24, 2.45) is 0 Å². The standard InChI is InChI=1S/C13H17N5O2S/c1-8(2)17-12(14)15-16-13(17)21-9(3)10-5-4-6-11(7-10)18(19)20/h4-9H,1-3H3,(H2,14,15)/t9-/m1/s1. The van der Waals surface area contributed by atoms with Crippen molar-refractivity contribution in [1.29, 1.82) is 0 Å². The average Bonchev–Trinajstić information content (AvgIpc) is 2.79. The molecule has 112 valence electrons. The molecule has 0 fully saturated rings. The normalized spacial score (nSPS) is 12.6. The molecule has 0 spiro atoms. The van der Waals surface area contributed by atoms with Crippen LogP contribution in [0, 0.1) is 10.1 Å². The molecule has 0 unspecified atom stereocenters. The number of hydrogen-bond donors (Lipinski definition) is 1. The molecule has 0 bridgehead atoms. The van der Waals surface area contributed by atoms with Gasteiger partial charge in [0.1, 0.15) is 0 Å². The van der Waals surface area contributed by atoms with Gasteiger partial charge >= 0.3 is 0 Å². The highest BCUT2D eigenvalue weighted by Gasteiger charge is 2.18. The van der Waals surface area contributed by atoms with Crippen molar-refractivity contribution in [3.63, 3.8) is 0 Å². The minimum absolute atomic E-state index is 0.00556. The van der Waals surface area contributed by atoms with Crippen LogP contribution < -0.4 is 5.73 Å². The molecule has 21 heavy (non-hydrogen) atoms. The number of nitrogens with two attached hydrogens (primary N) is 1. The number of hydrogen-bond acceptors (Lipinski definition) is 6. The number of anilines is 1. The SMILES string of the molecule is CC(C)n1c(N)nnc1S[C@H](C)c1cccc([N+](=O)[O-])c1. The smallest absolute Gasteiger partial charge is 0.269 e. The van der Waals surface area contributed by atoms with Crippen molar-refractivity contribution >= 4 is 23.4 Å². The summed E-state index contributed by atoms with van der Waals surface area (Å²) in [4.78, 5) is 10.4. The summed E-state index contributed by atoms with van der Waals surface area (Å²) in [5, 5.41) is 19.5. The first kappa shape index (κ1) is 15.3. The van der Waals surface area contributed by atoms with Crippen molar-refractivity contribution in [2.45, 2.75) is 37.2 Å². The van der Waals surface area contributed by atoms with Gasteiger partial charge in [0.25, 0.3) is 5.69 Å². The molecule has 0 amide bonds. The number of nitrogen functional groups attached to an aromatic ring is 1. The van der Waals surface area contributed by atoms with E-state index in [0.717, 1.165) is 5.56 Å². The molecule has 1 aromatic carbocycles. The Morgan fingerprint density at radius 1 is 1.33 bits per heavy atom. The van der Waals surface area contributed by atoms with Gasteiger partial charge in [0.15, 0.2) is 5.16 Å². The predicted molar refractivity (Wildman–Crippen MR) is 82.2 cm³/mol. The second-order valence-corrected chi connectivity index (χ2v) is 6.22. The van der Waals surface area contributed by atoms with Gasteiger partial charge < -0.3 is 5.73 Å². The van der Waals surface area contributed by atoms with Crippen molar-refractivity contribution in [3.05, 3.63) is 39.9 Å². The molecular weight excluding hydrogens is 290 g/mol. The number of nitro groups is 1. The van der Waals surface area contributed by atoms with E-state index in [1.54, 1.807) is 12.1 Å². The largest absolute Gasteiger partial charge is 0.368 e. The zero-order valence-electron chi connectivity index (χ0n) is 12.1. The molecule has 0 saturated heterocycles. The Morgan fingerprint density at radius 3 is 2.67 bits per heavy atom. The number of nitro benzene ring substituents is 1. The molecule has 0 saturated carbocycles. The lowest BCUT2D eigenvalue weighted by molar-refractivity contribution is -0.384. The van der Waals surface area contributed by atoms with Gasteiger partial charge in [-0.25, -0.2) is 0 Å². The molecule has 1 heterocycles. The van der Waals surface area contributed by atoms with Crippen LogP contribution in [0.4, 0.5) is 11.6 Å². The van der Waals surface area contributed by atoms with Gasteiger partial charge in [-0.05, 0) is 26.3 Å². The molecule has 2 N–H and O–H groups in total. The van der Waals surface area contributed by atoms with Gasteiger partial charge in [0.2, 0.25) is 5.95 Å². The van der Waals surface area contributed by atoms with E-state index in [-0.39, 0.29) is 17.0 Å². The highest BCUT2D eigenvalue weighted by molar-refractivity contribution is 7.99. The quantitative estimate of drug-likeness (QED) is 0.517. The maximum atomic E-state index is 10.8. The van der Waals surface area contributed by atoms with Crippen molar-refractivity contribution in [1.82, 2.24) is 14.8 Å². The fraction of sp³-hybridized carbons (Fsp3) is 0.385. The topological polar surface area (TPSA) is 99.9 Å². The molecule has 8 heteroatoms. The number of nitrogens with zero attached hydrogens (tertiary/aromatic N) is 4. The summed E-state index contributed by atoms with van der Waals surface area (Å²) in [6.07, 6.45) is 0. The molecule has 0 aliphatic heterocycles. The molecule has 0 radical (unpaired) electrons. The number of non-ortho nitro benzene ring substituents is 1. The second-order valence-electron chi connectivity index (χ2n) is 4.92. The van der Waals surface area contributed by atoms with Crippen molar-refractivity contribution in [3.8, 4) is 0 Å². The third-order valence-corrected chi connectivity index (χ3v) is 4.15. The van der Waals surface area contributed by atoms with Crippen LogP contribution in [0.1, 0.15) is 37.6 Å². The number of aromatic nitrogens is 3. The number of rotatable bonds is 5. The van der Waals surface area contributed by atoms with E-state index in [2.05, 4.69) is 10.2 Å². The summed E-state index contributed by atoms with van der Waals surface area (Å²) < 4.78 is 1.85. The number of thioether (sulfide) groups is 1. The molecule has 0 aliphatic rings. The Bertz CT molecular complexity index is 656. The van der Waals surface area contributed by atoms with Crippen LogP contribution in [0.2, 0.25) is 0 Å². The molecule has 2 aromatic rings. The molecule has 1 aromatic heterocycles.